The molecule has 2 aromatic carbocycles. The minimum absolute atomic E-state index is 0.323. The number of nitrogens with two attached hydrogens (primary N) is 1. The molecule has 8 nitrogen and oxygen atoms in total. The van der Waals surface area contributed by atoms with Crippen LogP contribution in [0.4, 0.5) is 10.5 Å². The molecule has 3 heterocycles. The summed E-state index contributed by atoms with van der Waals surface area (Å²) in [6.07, 6.45) is 6.84. The number of primary amides is 1. The molecule has 0 spiro atoms. The summed E-state index contributed by atoms with van der Waals surface area (Å²) >= 11 is 0. The second kappa shape index (κ2) is 8.06. The molecule has 0 atom stereocenters. The monoisotopic (exact) mass is 414 g/mol. The number of hydrogen-bond acceptors (Lipinski definition) is 6. The Labute approximate surface area is 179 Å². The highest BCUT2D eigenvalue weighted by atomic mass is 16.5. The van der Waals surface area contributed by atoms with Crippen LogP contribution in [-0.4, -0.2) is 38.9 Å². The van der Waals surface area contributed by atoms with Gasteiger partial charge in [0, 0.05) is 36.6 Å². The van der Waals surface area contributed by atoms with Crippen molar-refractivity contribution in [3.63, 3.8) is 0 Å². The van der Waals surface area contributed by atoms with Crippen LogP contribution in [0.1, 0.15) is 18.9 Å². The lowest BCUT2D eigenvalue weighted by Gasteiger charge is -2.33. The highest BCUT2D eigenvalue weighted by molar-refractivity contribution is 5.76. The fraction of sp³-hybridized carbons (Fsp3) is 0.217. The van der Waals surface area contributed by atoms with Gasteiger partial charge < -0.3 is 15.4 Å². The van der Waals surface area contributed by atoms with Crippen LogP contribution < -0.4 is 15.4 Å². The standard InChI is InChI=1S/C23H22N6O2/c24-23(30)31-19-5-3-4-18(12-19)28-10-8-17(9-11-28)29-15-16(13-26-29)22-14-25-20-6-1-2-7-21(20)27-22/h1-7,12-15,17H,8-11H2,(H2,24,30). The topological polar surface area (TPSA) is 99.2 Å². The Morgan fingerprint density at radius 2 is 1.84 bits per heavy atom. The van der Waals surface area contributed by atoms with Gasteiger partial charge in [-0.2, -0.15) is 5.10 Å². The van der Waals surface area contributed by atoms with E-state index < -0.39 is 6.09 Å². The molecular formula is C23H22N6O2. The number of aromatic nitrogens is 4. The summed E-state index contributed by atoms with van der Waals surface area (Å²) < 4.78 is 7.03. The molecule has 5 rings (SSSR count). The van der Waals surface area contributed by atoms with E-state index in [0.717, 1.165) is 53.9 Å². The molecule has 0 bridgehead atoms. The average molecular weight is 414 g/mol. The van der Waals surface area contributed by atoms with E-state index >= 15 is 0 Å². The van der Waals surface area contributed by atoms with E-state index in [1.165, 1.54) is 0 Å². The van der Waals surface area contributed by atoms with E-state index in [1.807, 2.05) is 53.3 Å². The molecule has 4 aromatic rings. The van der Waals surface area contributed by atoms with Crippen molar-refractivity contribution in [1.82, 2.24) is 19.7 Å². The lowest BCUT2D eigenvalue weighted by molar-refractivity contribution is 0.211. The lowest BCUT2D eigenvalue weighted by atomic mass is 10.0. The van der Waals surface area contributed by atoms with Crippen LogP contribution in [0, 0.1) is 0 Å². The number of para-hydroxylation sites is 2. The zero-order valence-electron chi connectivity index (χ0n) is 16.9. The molecule has 1 aliphatic heterocycles. The van der Waals surface area contributed by atoms with Crippen molar-refractivity contribution in [2.24, 2.45) is 5.73 Å². The Hall–Kier alpha value is -3.94. The predicted molar refractivity (Wildman–Crippen MR) is 118 cm³/mol. The van der Waals surface area contributed by atoms with Gasteiger partial charge in [-0.25, -0.2) is 9.78 Å². The third-order valence-electron chi connectivity index (χ3n) is 5.59. The molecule has 1 amide bonds. The van der Waals surface area contributed by atoms with Crippen LogP contribution in [0.5, 0.6) is 5.75 Å². The molecule has 0 aliphatic carbocycles. The van der Waals surface area contributed by atoms with Gasteiger partial charge in [-0.15, -0.1) is 0 Å². The number of anilines is 1. The van der Waals surface area contributed by atoms with Crippen molar-refractivity contribution in [3.8, 4) is 17.0 Å². The Morgan fingerprint density at radius 1 is 1.03 bits per heavy atom. The van der Waals surface area contributed by atoms with Gasteiger partial charge in [0.25, 0.3) is 0 Å². The maximum absolute atomic E-state index is 11.0. The van der Waals surface area contributed by atoms with Gasteiger partial charge in [-0.1, -0.05) is 18.2 Å². The van der Waals surface area contributed by atoms with Crippen LogP contribution in [0.25, 0.3) is 22.3 Å². The van der Waals surface area contributed by atoms with Gasteiger partial charge in [0.2, 0.25) is 0 Å². The Bertz CT molecular complexity index is 1230. The number of nitrogens with zero attached hydrogens (tertiary/aromatic N) is 5. The number of ether oxygens (including phenoxy) is 1. The van der Waals surface area contributed by atoms with E-state index in [1.54, 1.807) is 12.3 Å². The quantitative estimate of drug-likeness (QED) is 0.545. The predicted octanol–water partition coefficient (Wildman–Crippen LogP) is 3.79. The number of benzene rings is 2. The van der Waals surface area contributed by atoms with E-state index in [0.29, 0.717) is 11.8 Å². The third-order valence-corrected chi connectivity index (χ3v) is 5.59. The average Bonchev–Trinajstić information content (AvgIpc) is 3.29. The molecule has 156 valence electrons. The first-order valence-corrected chi connectivity index (χ1v) is 10.2. The highest BCUT2D eigenvalue weighted by Gasteiger charge is 2.22. The largest absolute Gasteiger partial charge is 0.410 e. The lowest BCUT2D eigenvalue weighted by Crippen LogP contribution is -2.34. The number of fused-ring (bicyclic) bond motifs is 1. The van der Waals surface area contributed by atoms with Gasteiger partial charge in [0.1, 0.15) is 5.75 Å². The molecule has 2 aromatic heterocycles. The molecule has 0 saturated carbocycles. The van der Waals surface area contributed by atoms with Crippen molar-refractivity contribution in [1.29, 1.82) is 0 Å². The fourth-order valence-corrected chi connectivity index (χ4v) is 4.01. The zero-order valence-corrected chi connectivity index (χ0v) is 16.9. The summed E-state index contributed by atoms with van der Waals surface area (Å²) in [5.74, 6) is 0.459. The van der Waals surface area contributed by atoms with Crippen LogP contribution in [0.2, 0.25) is 0 Å². The van der Waals surface area contributed by atoms with E-state index in [4.69, 9.17) is 15.5 Å². The van der Waals surface area contributed by atoms with Gasteiger partial charge in [-0.05, 0) is 37.1 Å². The summed E-state index contributed by atoms with van der Waals surface area (Å²) in [6.45, 7) is 1.77. The molecule has 2 N–H and O–H groups in total. The van der Waals surface area contributed by atoms with Crippen LogP contribution in [0.15, 0.2) is 67.1 Å². The fourth-order valence-electron chi connectivity index (χ4n) is 4.01. The van der Waals surface area contributed by atoms with Crippen molar-refractivity contribution in [2.75, 3.05) is 18.0 Å². The summed E-state index contributed by atoms with van der Waals surface area (Å²) in [5.41, 5.74) is 9.69. The van der Waals surface area contributed by atoms with Crippen molar-refractivity contribution < 1.29 is 9.53 Å². The third kappa shape index (κ3) is 4.05. The number of carbonyl (C=O) groups excluding carboxylic acids is 1. The van der Waals surface area contributed by atoms with Gasteiger partial charge in [-0.3, -0.25) is 9.67 Å². The molecule has 8 heteroatoms. The van der Waals surface area contributed by atoms with E-state index in [-0.39, 0.29) is 0 Å². The number of amides is 1. The van der Waals surface area contributed by atoms with Crippen molar-refractivity contribution in [2.45, 2.75) is 18.9 Å². The smallest absolute Gasteiger partial charge is 0.409 e. The van der Waals surface area contributed by atoms with Crippen LogP contribution >= 0.6 is 0 Å². The normalized spacial score (nSPS) is 14.6. The molecule has 1 saturated heterocycles. The Kier molecular flexibility index (Phi) is 4.95. The molecular weight excluding hydrogens is 392 g/mol. The molecule has 31 heavy (non-hydrogen) atoms. The minimum Gasteiger partial charge on any atom is -0.410 e. The summed E-state index contributed by atoms with van der Waals surface area (Å²) in [6, 6.07) is 15.6. The molecule has 1 fully saturated rings. The first-order chi connectivity index (χ1) is 15.2. The van der Waals surface area contributed by atoms with Crippen molar-refractivity contribution >= 4 is 22.8 Å². The first-order valence-electron chi connectivity index (χ1n) is 10.2. The summed E-state index contributed by atoms with van der Waals surface area (Å²) in [4.78, 5) is 22.5. The molecule has 1 aliphatic rings. The number of hydrogen-bond donors (Lipinski definition) is 1. The first kappa shape index (κ1) is 19.0. The second-order valence-electron chi connectivity index (χ2n) is 7.59. The summed E-state index contributed by atoms with van der Waals surface area (Å²) in [7, 11) is 0. The van der Waals surface area contributed by atoms with E-state index in [9.17, 15) is 4.79 Å². The second-order valence-corrected chi connectivity index (χ2v) is 7.59. The maximum Gasteiger partial charge on any atom is 0.409 e. The molecule has 0 unspecified atom stereocenters. The highest BCUT2D eigenvalue weighted by Crippen LogP contribution is 2.29. The van der Waals surface area contributed by atoms with Crippen molar-refractivity contribution in [3.05, 3.63) is 67.1 Å². The van der Waals surface area contributed by atoms with E-state index in [2.05, 4.69) is 21.2 Å². The number of rotatable bonds is 4. The zero-order chi connectivity index (χ0) is 21.2. The van der Waals surface area contributed by atoms with Gasteiger partial charge >= 0.3 is 6.09 Å². The molecule has 0 radical (unpaired) electrons. The van der Waals surface area contributed by atoms with Gasteiger partial charge in [0.15, 0.2) is 0 Å². The Morgan fingerprint density at radius 3 is 2.65 bits per heavy atom. The number of piperidine rings is 1. The summed E-state index contributed by atoms with van der Waals surface area (Å²) in [5, 5.41) is 4.60. The minimum atomic E-state index is -0.804. The van der Waals surface area contributed by atoms with Gasteiger partial charge in [0.05, 0.1) is 35.2 Å². The van der Waals surface area contributed by atoms with Crippen LogP contribution in [-0.2, 0) is 0 Å². The maximum atomic E-state index is 11.0. The SMILES string of the molecule is NC(=O)Oc1cccc(N2CCC(n3cc(-c4cnc5ccccc5n4)cn3)CC2)c1. The van der Waals surface area contributed by atoms with Crippen LogP contribution in [0.3, 0.4) is 0 Å². The Balaban J connectivity index is 1.27. The number of carbonyl (C=O) groups is 1.